The molecule has 9 heteroatoms. The molecule has 0 radical (unpaired) electrons. The Morgan fingerprint density at radius 3 is 2.64 bits per heavy atom. The first-order valence-electron chi connectivity index (χ1n) is 7.65. The number of nitrogens with two attached hydrogens (primary N) is 3. The molecule has 0 aromatic carbocycles. The molecule has 22 heavy (non-hydrogen) atoms. The Bertz CT molecular complexity index is 352. The molecule has 0 aromatic rings. The summed E-state index contributed by atoms with van der Waals surface area (Å²) in [6.07, 6.45) is -3.51. The van der Waals surface area contributed by atoms with Crippen LogP contribution in [0.2, 0.25) is 0 Å². The molecule has 0 aromatic heterocycles. The van der Waals surface area contributed by atoms with E-state index in [4.69, 9.17) is 26.7 Å². The van der Waals surface area contributed by atoms with Gasteiger partial charge in [-0.15, -0.1) is 0 Å². The Morgan fingerprint density at radius 1 is 1.27 bits per heavy atom. The first-order chi connectivity index (χ1) is 10.5. The molecule has 8 nitrogen and oxygen atoms in total. The zero-order chi connectivity index (χ0) is 16.3. The average Bonchev–Trinajstić information content (AvgIpc) is 2.69. The van der Waals surface area contributed by atoms with Crippen molar-refractivity contribution < 1.29 is 24.1 Å². The fourth-order valence-electron chi connectivity index (χ4n) is 2.89. The first-order valence-corrected chi connectivity index (χ1v) is 7.65. The summed E-state index contributed by atoms with van der Waals surface area (Å²) in [5, 5.41) is 22.9. The zero-order valence-electron chi connectivity index (χ0n) is 12.5. The first kappa shape index (κ1) is 18.0. The van der Waals surface area contributed by atoms with E-state index < -0.39 is 43.4 Å². The van der Waals surface area contributed by atoms with Crippen LogP contribution in [0.1, 0.15) is 12.8 Å². The largest absolute Gasteiger partial charge is 0.388 e. The van der Waals surface area contributed by atoms with E-state index in [2.05, 4.69) is 5.32 Å². The van der Waals surface area contributed by atoms with E-state index in [-0.39, 0.29) is 18.6 Å². The molecule has 2 fully saturated rings. The number of hydrogen-bond donors (Lipinski definition) is 6. The van der Waals surface area contributed by atoms with Crippen LogP contribution in [0.5, 0.6) is 0 Å². The van der Waals surface area contributed by atoms with Crippen molar-refractivity contribution in [2.24, 2.45) is 17.2 Å². The van der Waals surface area contributed by atoms with Gasteiger partial charge in [-0.2, -0.15) is 0 Å². The van der Waals surface area contributed by atoms with Gasteiger partial charge in [0.25, 0.3) is 0 Å². The van der Waals surface area contributed by atoms with Gasteiger partial charge in [-0.3, -0.25) is 0 Å². The van der Waals surface area contributed by atoms with Gasteiger partial charge in [-0.05, 0) is 19.4 Å². The molecule has 2 aliphatic rings. The molecule has 2 rings (SSSR count). The third kappa shape index (κ3) is 3.92. The third-order valence-corrected chi connectivity index (χ3v) is 4.38. The van der Waals surface area contributed by atoms with Crippen molar-refractivity contribution in [2.75, 3.05) is 19.8 Å². The smallest absolute Gasteiger partial charge is 0.176 e. The normalized spacial score (nSPS) is 47.2. The molecule has 2 heterocycles. The lowest BCUT2D eigenvalue weighted by atomic mass is 9.97. The topological polar surface area (TPSA) is 149 Å². The van der Waals surface area contributed by atoms with Crippen LogP contribution in [0.3, 0.4) is 0 Å². The number of ether oxygens (including phenoxy) is 2. The van der Waals surface area contributed by atoms with Gasteiger partial charge in [0.15, 0.2) is 6.29 Å². The second-order valence-electron chi connectivity index (χ2n) is 6.01. The molecule has 8 atom stereocenters. The van der Waals surface area contributed by atoms with E-state index in [0.29, 0.717) is 19.4 Å². The van der Waals surface area contributed by atoms with E-state index in [1.165, 1.54) is 0 Å². The van der Waals surface area contributed by atoms with E-state index in [9.17, 15) is 14.6 Å². The van der Waals surface area contributed by atoms with Crippen LogP contribution in [0.25, 0.3) is 0 Å². The van der Waals surface area contributed by atoms with Gasteiger partial charge in [-0.1, -0.05) is 0 Å². The van der Waals surface area contributed by atoms with Crippen LogP contribution >= 0.6 is 0 Å². The number of alkyl halides is 1. The predicted molar refractivity (Wildman–Crippen MR) is 77.6 cm³/mol. The summed E-state index contributed by atoms with van der Waals surface area (Å²) in [4.78, 5) is 0. The maximum Gasteiger partial charge on any atom is 0.176 e. The lowest BCUT2D eigenvalue weighted by Crippen LogP contribution is -2.64. The standard InChI is InChI=1S/C13H27FN4O4/c14-4-6-3-8(7(16)1-2-18-6)21-13-10(17)12(20)11(19)9(5-15)22-13/h6-13,18-20H,1-5,15-17H2/t6-,7+,8+,9-,10-,11-,12-,13+/m1/s1. The Balaban J connectivity index is 2.03. The highest BCUT2D eigenvalue weighted by molar-refractivity contribution is 4.93. The van der Waals surface area contributed by atoms with Gasteiger partial charge in [0, 0.05) is 18.6 Å². The summed E-state index contributed by atoms with van der Waals surface area (Å²) in [7, 11) is 0. The monoisotopic (exact) mass is 322 g/mol. The van der Waals surface area contributed by atoms with Crippen molar-refractivity contribution in [3.05, 3.63) is 0 Å². The minimum Gasteiger partial charge on any atom is -0.388 e. The quantitative estimate of drug-likeness (QED) is 0.324. The summed E-state index contributed by atoms with van der Waals surface area (Å²) < 4.78 is 24.3. The minimum absolute atomic E-state index is 0.0240. The molecule has 0 bridgehead atoms. The molecule has 0 saturated carbocycles. The lowest BCUT2D eigenvalue weighted by Gasteiger charge is -2.42. The number of halogens is 1. The van der Waals surface area contributed by atoms with Crippen molar-refractivity contribution in [3.63, 3.8) is 0 Å². The summed E-state index contributed by atoms with van der Waals surface area (Å²) in [6.45, 7) is 0.118. The molecule has 0 aliphatic carbocycles. The molecular weight excluding hydrogens is 295 g/mol. The van der Waals surface area contributed by atoms with Gasteiger partial charge in [0.05, 0.1) is 12.1 Å². The SMILES string of the molecule is NC[C@H]1O[C@H](O[C@H]2C[C@H](CF)NCC[C@@H]2N)[C@H](N)[C@@H](O)[C@@H]1O. The van der Waals surface area contributed by atoms with Gasteiger partial charge in [-0.25, -0.2) is 4.39 Å². The van der Waals surface area contributed by atoms with Crippen LogP contribution < -0.4 is 22.5 Å². The number of aliphatic hydroxyl groups is 2. The molecule has 130 valence electrons. The molecule has 9 N–H and O–H groups in total. The Kier molecular flexibility index (Phi) is 6.47. The van der Waals surface area contributed by atoms with E-state index >= 15 is 0 Å². The van der Waals surface area contributed by atoms with E-state index in [0.717, 1.165) is 0 Å². The maximum atomic E-state index is 12.9. The number of rotatable bonds is 4. The highest BCUT2D eigenvalue weighted by atomic mass is 19.1. The fraction of sp³-hybridized carbons (Fsp3) is 1.00. The van der Waals surface area contributed by atoms with Crippen molar-refractivity contribution in [2.45, 2.75) is 61.7 Å². The average molecular weight is 322 g/mol. The van der Waals surface area contributed by atoms with Crippen LogP contribution in [0, 0.1) is 0 Å². The van der Waals surface area contributed by atoms with Crippen LogP contribution in [-0.4, -0.2) is 78.8 Å². The molecule has 2 saturated heterocycles. The number of aliphatic hydroxyl groups excluding tert-OH is 2. The van der Waals surface area contributed by atoms with Gasteiger partial charge in [0.1, 0.15) is 25.0 Å². The molecule has 0 unspecified atom stereocenters. The maximum absolute atomic E-state index is 12.9. The number of nitrogens with one attached hydrogen (secondary N) is 1. The third-order valence-electron chi connectivity index (χ3n) is 4.38. The fourth-order valence-corrected chi connectivity index (χ4v) is 2.89. The van der Waals surface area contributed by atoms with E-state index in [1.807, 2.05) is 0 Å². The van der Waals surface area contributed by atoms with Crippen molar-refractivity contribution >= 4 is 0 Å². The van der Waals surface area contributed by atoms with Crippen molar-refractivity contribution in [1.82, 2.24) is 5.32 Å². The Morgan fingerprint density at radius 2 is 2.00 bits per heavy atom. The molecule has 2 aliphatic heterocycles. The van der Waals surface area contributed by atoms with Crippen molar-refractivity contribution in [1.29, 1.82) is 0 Å². The van der Waals surface area contributed by atoms with Gasteiger partial charge < -0.3 is 42.2 Å². The lowest BCUT2D eigenvalue weighted by molar-refractivity contribution is -0.272. The second-order valence-corrected chi connectivity index (χ2v) is 6.01. The summed E-state index contributed by atoms with van der Waals surface area (Å²) in [6, 6.07) is -1.55. The van der Waals surface area contributed by atoms with Crippen LogP contribution in [-0.2, 0) is 9.47 Å². The summed E-state index contributed by atoms with van der Waals surface area (Å²) >= 11 is 0. The van der Waals surface area contributed by atoms with Crippen LogP contribution in [0.4, 0.5) is 4.39 Å². The van der Waals surface area contributed by atoms with E-state index in [1.54, 1.807) is 0 Å². The summed E-state index contributed by atoms with van der Waals surface area (Å²) in [5.41, 5.74) is 17.5. The van der Waals surface area contributed by atoms with Gasteiger partial charge >= 0.3 is 0 Å². The molecule has 0 spiro atoms. The van der Waals surface area contributed by atoms with Gasteiger partial charge in [0.2, 0.25) is 0 Å². The van der Waals surface area contributed by atoms with Crippen molar-refractivity contribution in [3.8, 4) is 0 Å². The predicted octanol–water partition coefficient (Wildman–Crippen LogP) is -2.85. The Hall–Kier alpha value is -0.390. The Labute approximate surface area is 129 Å². The second kappa shape index (κ2) is 7.93. The highest BCUT2D eigenvalue weighted by Gasteiger charge is 2.44. The minimum atomic E-state index is -1.20. The highest BCUT2D eigenvalue weighted by Crippen LogP contribution is 2.24. The molecular formula is C13H27FN4O4. The summed E-state index contributed by atoms with van der Waals surface area (Å²) in [5.74, 6) is 0. The molecule has 0 amide bonds. The number of hydrogen-bond acceptors (Lipinski definition) is 8. The van der Waals surface area contributed by atoms with Crippen LogP contribution in [0.15, 0.2) is 0 Å². The zero-order valence-corrected chi connectivity index (χ0v) is 12.5.